The summed E-state index contributed by atoms with van der Waals surface area (Å²) in [5.74, 6) is -0.0743. The largest absolute Gasteiger partial charge is 0.435 e. The van der Waals surface area contributed by atoms with Gasteiger partial charge in [-0.15, -0.1) is 0 Å². The first kappa shape index (κ1) is 30.9. The highest BCUT2D eigenvalue weighted by molar-refractivity contribution is 5.69. The van der Waals surface area contributed by atoms with Gasteiger partial charge in [0.2, 0.25) is 0 Å². The molecular formula is C30H56O2. The van der Waals surface area contributed by atoms with Crippen molar-refractivity contribution in [1.29, 1.82) is 0 Å². The standard InChI is InChI=1S/C30H56O2/c1-3-5-7-9-11-13-15-16-17-18-19-20-22-24-26-28-30(31)32-29-27-25-23-21-14-12-10-8-6-4-2/h16-17,27,29H,3-15,18-26,28H2,1-2H3/b17-16-,29-27?. The molecule has 0 N–H and O–H groups in total. The molecule has 0 radical (unpaired) electrons. The van der Waals surface area contributed by atoms with Gasteiger partial charge in [0.05, 0.1) is 6.26 Å². The van der Waals surface area contributed by atoms with Gasteiger partial charge in [-0.25, -0.2) is 0 Å². The zero-order valence-corrected chi connectivity index (χ0v) is 21.9. The Kier molecular flexibility index (Phi) is 27.1. The van der Waals surface area contributed by atoms with Crippen LogP contribution in [0.3, 0.4) is 0 Å². The van der Waals surface area contributed by atoms with Crippen LogP contribution < -0.4 is 0 Å². The molecule has 2 nitrogen and oxygen atoms in total. The summed E-state index contributed by atoms with van der Waals surface area (Å²) < 4.78 is 5.20. The molecule has 0 fully saturated rings. The van der Waals surface area contributed by atoms with Gasteiger partial charge >= 0.3 is 5.97 Å². The number of rotatable bonds is 25. The van der Waals surface area contributed by atoms with E-state index in [4.69, 9.17) is 4.74 Å². The van der Waals surface area contributed by atoms with Crippen LogP contribution in [0, 0.1) is 0 Å². The van der Waals surface area contributed by atoms with Gasteiger partial charge in [0.25, 0.3) is 0 Å². The monoisotopic (exact) mass is 448 g/mol. The normalized spacial score (nSPS) is 11.7. The van der Waals surface area contributed by atoms with Gasteiger partial charge in [0.1, 0.15) is 0 Å². The second-order valence-corrected chi connectivity index (χ2v) is 9.46. The van der Waals surface area contributed by atoms with E-state index in [-0.39, 0.29) is 5.97 Å². The van der Waals surface area contributed by atoms with Crippen molar-refractivity contribution in [3.8, 4) is 0 Å². The summed E-state index contributed by atoms with van der Waals surface area (Å²) >= 11 is 0. The third-order valence-electron chi connectivity index (χ3n) is 6.16. The van der Waals surface area contributed by atoms with E-state index in [1.54, 1.807) is 6.26 Å². The van der Waals surface area contributed by atoms with Gasteiger partial charge in [0, 0.05) is 6.42 Å². The average molecular weight is 449 g/mol. The van der Waals surface area contributed by atoms with E-state index in [1.807, 2.05) is 6.08 Å². The molecule has 0 amide bonds. The van der Waals surface area contributed by atoms with Crippen molar-refractivity contribution in [2.24, 2.45) is 0 Å². The van der Waals surface area contributed by atoms with Gasteiger partial charge in [-0.3, -0.25) is 4.79 Å². The molecule has 0 aromatic rings. The van der Waals surface area contributed by atoms with Crippen LogP contribution in [-0.2, 0) is 9.53 Å². The van der Waals surface area contributed by atoms with Crippen LogP contribution in [0.1, 0.15) is 162 Å². The number of unbranched alkanes of at least 4 members (excludes halogenated alkanes) is 19. The third-order valence-corrected chi connectivity index (χ3v) is 6.16. The molecule has 0 aliphatic rings. The number of hydrogen-bond acceptors (Lipinski definition) is 2. The number of allylic oxidation sites excluding steroid dienone is 3. The van der Waals surface area contributed by atoms with E-state index in [0.29, 0.717) is 6.42 Å². The van der Waals surface area contributed by atoms with Gasteiger partial charge < -0.3 is 4.74 Å². The summed E-state index contributed by atoms with van der Waals surface area (Å²) in [4.78, 5) is 11.8. The molecule has 0 aromatic heterocycles. The minimum atomic E-state index is -0.0743. The highest BCUT2D eigenvalue weighted by Gasteiger charge is 2.00. The first-order chi connectivity index (χ1) is 15.8. The van der Waals surface area contributed by atoms with E-state index in [2.05, 4.69) is 26.0 Å². The van der Waals surface area contributed by atoms with Crippen molar-refractivity contribution < 1.29 is 9.53 Å². The topological polar surface area (TPSA) is 26.3 Å². The first-order valence-corrected chi connectivity index (χ1v) is 14.3. The van der Waals surface area contributed by atoms with E-state index >= 15 is 0 Å². The maximum atomic E-state index is 11.8. The van der Waals surface area contributed by atoms with Gasteiger partial charge in [-0.05, 0) is 51.0 Å². The Balaban J connectivity index is 3.27. The lowest BCUT2D eigenvalue weighted by atomic mass is 10.1. The molecule has 0 atom stereocenters. The summed E-state index contributed by atoms with van der Waals surface area (Å²) in [5.41, 5.74) is 0. The second kappa shape index (κ2) is 28.0. The van der Waals surface area contributed by atoms with Crippen molar-refractivity contribution in [2.75, 3.05) is 0 Å². The van der Waals surface area contributed by atoms with Gasteiger partial charge in [-0.1, -0.05) is 122 Å². The molecule has 0 aliphatic carbocycles. The molecule has 0 saturated carbocycles. The summed E-state index contributed by atoms with van der Waals surface area (Å²) in [6.07, 6.45) is 37.2. The fraction of sp³-hybridized carbons (Fsp3) is 0.833. The smallest absolute Gasteiger partial charge is 0.310 e. The third kappa shape index (κ3) is 27.0. The number of ether oxygens (including phenoxy) is 1. The van der Waals surface area contributed by atoms with E-state index < -0.39 is 0 Å². The predicted octanol–water partition coefficient (Wildman–Crippen LogP) is 10.6. The highest BCUT2D eigenvalue weighted by Crippen LogP contribution is 2.11. The Hall–Kier alpha value is -1.05. The van der Waals surface area contributed by atoms with Crippen LogP contribution in [0.2, 0.25) is 0 Å². The van der Waals surface area contributed by atoms with Crippen LogP contribution in [0.25, 0.3) is 0 Å². The molecule has 188 valence electrons. The molecule has 0 unspecified atom stereocenters. The van der Waals surface area contributed by atoms with Crippen LogP contribution >= 0.6 is 0 Å². The summed E-state index contributed by atoms with van der Waals surface area (Å²) in [5, 5.41) is 0. The quantitative estimate of drug-likeness (QED) is 0.0600. The Bertz CT molecular complexity index is 425. The van der Waals surface area contributed by atoms with Crippen molar-refractivity contribution in [3.05, 3.63) is 24.5 Å². The average Bonchev–Trinajstić information content (AvgIpc) is 2.80. The van der Waals surface area contributed by atoms with Crippen molar-refractivity contribution >= 4 is 5.97 Å². The summed E-state index contributed by atoms with van der Waals surface area (Å²) in [6.45, 7) is 4.53. The zero-order chi connectivity index (χ0) is 23.4. The van der Waals surface area contributed by atoms with Crippen LogP contribution in [-0.4, -0.2) is 5.97 Å². The lowest BCUT2D eigenvalue weighted by Crippen LogP contribution is -1.98. The fourth-order valence-electron chi connectivity index (χ4n) is 3.99. The van der Waals surface area contributed by atoms with Crippen molar-refractivity contribution in [2.45, 2.75) is 162 Å². The lowest BCUT2D eigenvalue weighted by molar-refractivity contribution is -0.138. The van der Waals surface area contributed by atoms with E-state index in [9.17, 15) is 4.79 Å². The van der Waals surface area contributed by atoms with Crippen molar-refractivity contribution in [3.63, 3.8) is 0 Å². The molecule has 0 aliphatic heterocycles. The molecule has 0 rings (SSSR count). The Morgan fingerprint density at radius 1 is 0.500 bits per heavy atom. The molecule has 0 aromatic carbocycles. The van der Waals surface area contributed by atoms with Crippen LogP contribution in [0.15, 0.2) is 24.5 Å². The number of carbonyl (C=O) groups is 1. The number of esters is 1. The molecular weight excluding hydrogens is 392 g/mol. The molecule has 0 heterocycles. The minimum Gasteiger partial charge on any atom is -0.435 e. The Labute approximate surface area is 201 Å². The zero-order valence-electron chi connectivity index (χ0n) is 21.9. The SMILES string of the molecule is CCCCCCCC/C=C\CCCCCCCC(=O)OC=CCCCCCCCCCC. The minimum absolute atomic E-state index is 0.0743. The number of hydrogen-bond donors (Lipinski definition) is 0. The van der Waals surface area contributed by atoms with Crippen LogP contribution in [0.5, 0.6) is 0 Å². The van der Waals surface area contributed by atoms with Gasteiger partial charge in [0.15, 0.2) is 0 Å². The summed E-state index contributed by atoms with van der Waals surface area (Å²) in [7, 11) is 0. The molecule has 0 spiro atoms. The molecule has 2 heteroatoms. The summed E-state index contributed by atoms with van der Waals surface area (Å²) in [6, 6.07) is 0. The molecule has 32 heavy (non-hydrogen) atoms. The number of carbonyl (C=O) groups excluding carboxylic acids is 1. The Morgan fingerprint density at radius 2 is 0.875 bits per heavy atom. The molecule has 0 bridgehead atoms. The first-order valence-electron chi connectivity index (χ1n) is 14.3. The van der Waals surface area contributed by atoms with Gasteiger partial charge in [-0.2, -0.15) is 0 Å². The van der Waals surface area contributed by atoms with E-state index in [0.717, 1.165) is 19.3 Å². The Morgan fingerprint density at radius 3 is 1.34 bits per heavy atom. The molecule has 0 saturated heterocycles. The maximum Gasteiger partial charge on any atom is 0.310 e. The maximum absolute atomic E-state index is 11.8. The van der Waals surface area contributed by atoms with Crippen LogP contribution in [0.4, 0.5) is 0 Å². The highest BCUT2D eigenvalue weighted by atomic mass is 16.5. The van der Waals surface area contributed by atoms with Crippen molar-refractivity contribution in [1.82, 2.24) is 0 Å². The lowest BCUT2D eigenvalue weighted by Gasteiger charge is -2.01. The predicted molar refractivity (Wildman–Crippen MR) is 142 cm³/mol. The fourth-order valence-corrected chi connectivity index (χ4v) is 3.99. The second-order valence-electron chi connectivity index (χ2n) is 9.46. The van der Waals surface area contributed by atoms with E-state index in [1.165, 1.54) is 122 Å².